The smallest absolute Gasteiger partial charge is 0.227 e. The Kier molecular flexibility index (Phi) is 4.37. The van der Waals surface area contributed by atoms with Gasteiger partial charge in [0, 0.05) is 18.7 Å². The zero-order valence-electron chi connectivity index (χ0n) is 14.0. The van der Waals surface area contributed by atoms with E-state index in [9.17, 15) is 4.79 Å². The fourth-order valence-corrected chi connectivity index (χ4v) is 3.39. The average Bonchev–Trinajstić information content (AvgIpc) is 3.08. The first-order valence-electron chi connectivity index (χ1n) is 8.72. The molecule has 1 N–H and O–H groups in total. The molecule has 1 aromatic heterocycles. The number of nitrogens with one attached hydrogen (secondary N) is 1. The third kappa shape index (κ3) is 3.22. The highest BCUT2D eigenvalue weighted by atomic mass is 16.5. The minimum Gasteiger partial charge on any atom is -0.493 e. The molecule has 0 saturated heterocycles. The van der Waals surface area contributed by atoms with Crippen molar-refractivity contribution in [3.63, 3.8) is 0 Å². The number of hydrogen-bond donors (Lipinski definition) is 1. The average molecular weight is 335 g/mol. The summed E-state index contributed by atoms with van der Waals surface area (Å²) in [6.07, 6.45) is 3.47. The van der Waals surface area contributed by atoms with Crippen LogP contribution in [0.15, 0.2) is 54.9 Å². The number of imidazole rings is 1. The number of rotatable bonds is 5. The van der Waals surface area contributed by atoms with Crippen molar-refractivity contribution in [3.05, 3.63) is 60.4 Å². The van der Waals surface area contributed by atoms with Crippen LogP contribution in [0.5, 0.6) is 5.75 Å². The molecule has 4 rings (SSSR count). The third-order valence-electron chi connectivity index (χ3n) is 4.68. The van der Waals surface area contributed by atoms with Gasteiger partial charge in [-0.3, -0.25) is 4.79 Å². The van der Waals surface area contributed by atoms with Gasteiger partial charge in [0.2, 0.25) is 5.91 Å². The van der Waals surface area contributed by atoms with Gasteiger partial charge in [0.15, 0.2) is 0 Å². The Morgan fingerprint density at radius 3 is 3.00 bits per heavy atom. The molecule has 1 aliphatic rings. The van der Waals surface area contributed by atoms with Crippen molar-refractivity contribution in [2.75, 3.05) is 13.2 Å². The Morgan fingerprint density at radius 2 is 2.04 bits per heavy atom. The molecule has 0 radical (unpaired) electrons. The number of ether oxygens (including phenoxy) is 1. The normalized spacial score (nSPS) is 16.2. The first-order valence-corrected chi connectivity index (χ1v) is 8.72. The van der Waals surface area contributed by atoms with Crippen LogP contribution in [0.2, 0.25) is 0 Å². The van der Waals surface area contributed by atoms with Gasteiger partial charge in [-0.15, -0.1) is 0 Å². The minimum absolute atomic E-state index is 0.0891. The second-order valence-electron chi connectivity index (χ2n) is 6.30. The Hall–Kier alpha value is -2.82. The zero-order valence-corrected chi connectivity index (χ0v) is 14.0. The molecule has 2 heterocycles. The third-order valence-corrected chi connectivity index (χ3v) is 4.68. The molecule has 5 nitrogen and oxygen atoms in total. The fraction of sp³-hybridized carbons (Fsp3) is 0.300. The van der Waals surface area contributed by atoms with E-state index in [2.05, 4.69) is 20.9 Å². The van der Waals surface area contributed by atoms with Gasteiger partial charge in [-0.1, -0.05) is 30.3 Å². The van der Waals surface area contributed by atoms with E-state index in [0.717, 1.165) is 41.7 Å². The molecule has 2 aromatic carbocycles. The number of fused-ring (bicyclic) bond motifs is 2. The van der Waals surface area contributed by atoms with Gasteiger partial charge in [0.1, 0.15) is 5.75 Å². The highest BCUT2D eigenvalue weighted by molar-refractivity contribution is 5.84. The number of aromatic nitrogens is 2. The Bertz CT molecular complexity index is 887. The SMILES string of the molecule is O=C(NCCCn1cnc2ccccc21)[C@H]1CCOc2ccccc21. The standard InChI is InChI=1S/C20H21N3O2/c24-20(16-10-13-25-19-9-4-1-6-15(16)19)21-11-5-12-23-14-22-17-7-2-3-8-18(17)23/h1-4,6-9,14,16H,5,10-13H2,(H,21,24)/t16-/m0/s1. The maximum atomic E-state index is 12.5. The molecule has 0 fully saturated rings. The maximum absolute atomic E-state index is 12.5. The van der Waals surface area contributed by atoms with Gasteiger partial charge in [0.05, 0.1) is 29.9 Å². The summed E-state index contributed by atoms with van der Waals surface area (Å²) >= 11 is 0. The summed E-state index contributed by atoms with van der Waals surface area (Å²) in [7, 11) is 0. The number of benzene rings is 2. The lowest BCUT2D eigenvalue weighted by atomic mass is 9.92. The highest BCUT2D eigenvalue weighted by Crippen LogP contribution is 2.33. The lowest BCUT2D eigenvalue weighted by Gasteiger charge is -2.25. The summed E-state index contributed by atoms with van der Waals surface area (Å²) in [5.41, 5.74) is 3.13. The summed E-state index contributed by atoms with van der Waals surface area (Å²) in [4.78, 5) is 16.9. The Balaban J connectivity index is 1.33. The number of amides is 1. The predicted molar refractivity (Wildman–Crippen MR) is 96.7 cm³/mol. The van der Waals surface area contributed by atoms with Crippen molar-refractivity contribution in [3.8, 4) is 5.75 Å². The fourth-order valence-electron chi connectivity index (χ4n) is 3.39. The molecular formula is C20H21N3O2. The van der Waals surface area contributed by atoms with Crippen LogP contribution in [-0.4, -0.2) is 28.6 Å². The molecule has 0 unspecified atom stereocenters. The quantitative estimate of drug-likeness (QED) is 0.729. The second kappa shape index (κ2) is 6.97. The van der Waals surface area contributed by atoms with E-state index in [1.807, 2.05) is 48.8 Å². The molecule has 0 aliphatic carbocycles. The molecule has 1 amide bonds. The van der Waals surface area contributed by atoms with Gasteiger partial charge < -0.3 is 14.6 Å². The van der Waals surface area contributed by atoms with Crippen molar-refractivity contribution in [1.29, 1.82) is 0 Å². The lowest BCUT2D eigenvalue weighted by Crippen LogP contribution is -2.33. The molecule has 5 heteroatoms. The van der Waals surface area contributed by atoms with Crippen LogP contribution in [0.1, 0.15) is 24.3 Å². The molecule has 0 saturated carbocycles. The van der Waals surface area contributed by atoms with Crippen LogP contribution in [0.3, 0.4) is 0 Å². The Morgan fingerprint density at radius 1 is 1.20 bits per heavy atom. The van der Waals surface area contributed by atoms with E-state index < -0.39 is 0 Å². The number of carbonyl (C=O) groups excluding carboxylic acids is 1. The van der Waals surface area contributed by atoms with Crippen LogP contribution in [0, 0.1) is 0 Å². The second-order valence-corrected chi connectivity index (χ2v) is 6.30. The topological polar surface area (TPSA) is 56.2 Å². The van der Waals surface area contributed by atoms with Crippen molar-refractivity contribution >= 4 is 16.9 Å². The van der Waals surface area contributed by atoms with Crippen molar-refractivity contribution in [1.82, 2.24) is 14.9 Å². The van der Waals surface area contributed by atoms with Gasteiger partial charge in [-0.05, 0) is 31.0 Å². The van der Waals surface area contributed by atoms with E-state index in [4.69, 9.17) is 4.74 Å². The summed E-state index contributed by atoms with van der Waals surface area (Å²) < 4.78 is 7.76. The number of hydrogen-bond acceptors (Lipinski definition) is 3. The number of para-hydroxylation sites is 3. The molecule has 25 heavy (non-hydrogen) atoms. The van der Waals surface area contributed by atoms with Crippen LogP contribution in [0.25, 0.3) is 11.0 Å². The van der Waals surface area contributed by atoms with Crippen molar-refractivity contribution in [2.24, 2.45) is 0 Å². The van der Waals surface area contributed by atoms with Crippen LogP contribution < -0.4 is 10.1 Å². The van der Waals surface area contributed by atoms with Crippen molar-refractivity contribution in [2.45, 2.75) is 25.3 Å². The summed E-state index contributed by atoms with van der Waals surface area (Å²) in [5, 5.41) is 3.08. The van der Waals surface area contributed by atoms with Gasteiger partial charge in [0.25, 0.3) is 0 Å². The molecule has 0 spiro atoms. The molecule has 1 aliphatic heterocycles. The number of aryl methyl sites for hydroxylation is 1. The first kappa shape index (κ1) is 15.7. The molecule has 128 valence electrons. The Labute approximate surface area is 146 Å². The highest BCUT2D eigenvalue weighted by Gasteiger charge is 2.26. The largest absolute Gasteiger partial charge is 0.493 e. The maximum Gasteiger partial charge on any atom is 0.227 e. The zero-order chi connectivity index (χ0) is 17.1. The molecule has 3 aromatic rings. The summed E-state index contributed by atoms with van der Waals surface area (Å²) in [5.74, 6) is 0.809. The molecule has 1 atom stereocenters. The monoisotopic (exact) mass is 335 g/mol. The van der Waals surface area contributed by atoms with Crippen LogP contribution in [-0.2, 0) is 11.3 Å². The van der Waals surface area contributed by atoms with Crippen molar-refractivity contribution < 1.29 is 9.53 Å². The molecular weight excluding hydrogens is 314 g/mol. The molecule has 0 bridgehead atoms. The van der Waals surface area contributed by atoms with Gasteiger partial charge in [-0.2, -0.15) is 0 Å². The summed E-state index contributed by atoms with van der Waals surface area (Å²) in [6.45, 7) is 2.09. The van der Waals surface area contributed by atoms with Crippen LogP contribution >= 0.6 is 0 Å². The van der Waals surface area contributed by atoms with Crippen LogP contribution in [0.4, 0.5) is 0 Å². The van der Waals surface area contributed by atoms with E-state index in [1.54, 1.807) is 0 Å². The first-order chi connectivity index (χ1) is 12.3. The van der Waals surface area contributed by atoms with E-state index in [-0.39, 0.29) is 11.8 Å². The number of nitrogens with zero attached hydrogens (tertiary/aromatic N) is 2. The predicted octanol–water partition coefficient (Wildman–Crippen LogP) is 3.11. The van der Waals surface area contributed by atoms with E-state index in [0.29, 0.717) is 13.2 Å². The number of carbonyl (C=O) groups is 1. The summed E-state index contributed by atoms with van der Waals surface area (Å²) in [6, 6.07) is 15.9. The lowest BCUT2D eigenvalue weighted by molar-refractivity contribution is -0.123. The van der Waals surface area contributed by atoms with Gasteiger partial charge in [-0.25, -0.2) is 4.98 Å². The van der Waals surface area contributed by atoms with E-state index >= 15 is 0 Å². The van der Waals surface area contributed by atoms with Gasteiger partial charge >= 0.3 is 0 Å². The minimum atomic E-state index is -0.112. The van der Waals surface area contributed by atoms with E-state index in [1.165, 1.54) is 0 Å².